The first-order valence-electron chi connectivity index (χ1n) is 6.07. The number of amides is 1. The summed E-state index contributed by atoms with van der Waals surface area (Å²) in [5.41, 5.74) is 2.11. The molecule has 3 rings (SSSR count). The molecule has 0 atom stereocenters. The molecule has 0 bridgehead atoms. The summed E-state index contributed by atoms with van der Waals surface area (Å²) >= 11 is 1.44. The molecule has 0 aliphatic heterocycles. The molecule has 0 radical (unpaired) electrons. The molecule has 0 spiro atoms. The van der Waals surface area contributed by atoms with Crippen LogP contribution in [-0.2, 0) is 0 Å². The third-order valence-electron chi connectivity index (χ3n) is 2.80. The van der Waals surface area contributed by atoms with E-state index in [2.05, 4.69) is 20.6 Å². The van der Waals surface area contributed by atoms with Gasteiger partial charge in [0.1, 0.15) is 5.69 Å². The zero-order chi connectivity index (χ0) is 13.9. The van der Waals surface area contributed by atoms with Crippen LogP contribution in [0.1, 0.15) is 10.5 Å². The van der Waals surface area contributed by atoms with E-state index in [4.69, 9.17) is 0 Å². The Labute approximate surface area is 119 Å². The van der Waals surface area contributed by atoms with Crippen LogP contribution >= 0.6 is 11.3 Å². The fourth-order valence-electron chi connectivity index (χ4n) is 1.76. The first-order chi connectivity index (χ1) is 9.76. The standard InChI is InChI=1S/C14H12N4OS/c1-15-9-6-7-11(16-8-9)13(19)18-14-17-10-4-2-3-5-12(10)20-14/h2-8,15H,1H3,(H,17,18,19). The number of pyridine rings is 1. The highest BCUT2D eigenvalue weighted by Gasteiger charge is 2.10. The van der Waals surface area contributed by atoms with Gasteiger partial charge in [0.25, 0.3) is 5.91 Å². The highest BCUT2D eigenvalue weighted by Crippen LogP contribution is 2.25. The summed E-state index contributed by atoms with van der Waals surface area (Å²) in [4.78, 5) is 20.5. The second-order valence-corrected chi connectivity index (χ2v) is 5.15. The maximum absolute atomic E-state index is 12.1. The number of hydrogen-bond acceptors (Lipinski definition) is 5. The average Bonchev–Trinajstić information content (AvgIpc) is 2.89. The van der Waals surface area contributed by atoms with Gasteiger partial charge in [0.2, 0.25) is 0 Å². The zero-order valence-electron chi connectivity index (χ0n) is 10.8. The fourth-order valence-corrected chi connectivity index (χ4v) is 2.62. The summed E-state index contributed by atoms with van der Waals surface area (Å²) in [5, 5.41) is 6.31. The molecule has 0 saturated carbocycles. The van der Waals surface area contributed by atoms with E-state index in [-0.39, 0.29) is 5.91 Å². The van der Waals surface area contributed by atoms with Gasteiger partial charge in [0, 0.05) is 7.05 Å². The van der Waals surface area contributed by atoms with Crippen LogP contribution in [0.4, 0.5) is 10.8 Å². The summed E-state index contributed by atoms with van der Waals surface area (Å²) < 4.78 is 1.04. The molecule has 2 heterocycles. The highest BCUT2D eigenvalue weighted by molar-refractivity contribution is 7.22. The average molecular weight is 284 g/mol. The van der Waals surface area contributed by atoms with Crippen LogP contribution in [-0.4, -0.2) is 22.9 Å². The number of benzene rings is 1. The molecule has 1 aromatic carbocycles. The van der Waals surface area contributed by atoms with Crippen molar-refractivity contribution in [3.63, 3.8) is 0 Å². The minimum absolute atomic E-state index is 0.258. The Hall–Kier alpha value is -2.47. The van der Waals surface area contributed by atoms with Crippen molar-refractivity contribution in [2.45, 2.75) is 0 Å². The Morgan fingerprint density at radius 2 is 2.05 bits per heavy atom. The van der Waals surface area contributed by atoms with E-state index in [0.717, 1.165) is 15.9 Å². The largest absolute Gasteiger partial charge is 0.387 e. The van der Waals surface area contributed by atoms with E-state index in [9.17, 15) is 4.79 Å². The number of rotatable bonds is 3. The molecule has 1 amide bonds. The van der Waals surface area contributed by atoms with Crippen LogP contribution in [0.3, 0.4) is 0 Å². The minimum Gasteiger partial charge on any atom is -0.387 e. The van der Waals surface area contributed by atoms with Gasteiger partial charge in [-0.2, -0.15) is 0 Å². The second-order valence-electron chi connectivity index (χ2n) is 4.12. The summed E-state index contributed by atoms with van der Waals surface area (Å²) in [6.07, 6.45) is 1.62. The lowest BCUT2D eigenvalue weighted by molar-refractivity contribution is 0.102. The van der Waals surface area contributed by atoms with Gasteiger partial charge in [0.05, 0.1) is 22.1 Å². The molecule has 100 valence electrons. The zero-order valence-corrected chi connectivity index (χ0v) is 11.6. The lowest BCUT2D eigenvalue weighted by atomic mass is 10.3. The first kappa shape index (κ1) is 12.6. The number of aromatic nitrogens is 2. The Morgan fingerprint density at radius 3 is 2.75 bits per heavy atom. The van der Waals surface area contributed by atoms with Gasteiger partial charge in [-0.1, -0.05) is 23.5 Å². The lowest BCUT2D eigenvalue weighted by Gasteiger charge is -2.02. The van der Waals surface area contributed by atoms with Crippen LogP contribution in [0.5, 0.6) is 0 Å². The molecular formula is C14H12N4OS. The third-order valence-corrected chi connectivity index (χ3v) is 3.75. The quantitative estimate of drug-likeness (QED) is 0.776. The smallest absolute Gasteiger partial charge is 0.276 e. The van der Waals surface area contributed by atoms with E-state index in [1.54, 1.807) is 25.4 Å². The second kappa shape index (κ2) is 5.26. The van der Waals surface area contributed by atoms with E-state index in [1.807, 2.05) is 24.3 Å². The van der Waals surface area contributed by atoms with Gasteiger partial charge < -0.3 is 5.32 Å². The lowest BCUT2D eigenvalue weighted by Crippen LogP contribution is -2.13. The highest BCUT2D eigenvalue weighted by atomic mass is 32.1. The topological polar surface area (TPSA) is 66.9 Å². The number of thiazole rings is 1. The molecule has 3 aromatic rings. The van der Waals surface area contributed by atoms with Gasteiger partial charge in [-0.05, 0) is 24.3 Å². The molecule has 0 unspecified atom stereocenters. The van der Waals surface area contributed by atoms with Crippen molar-refractivity contribution in [3.8, 4) is 0 Å². The minimum atomic E-state index is -0.258. The number of hydrogen-bond donors (Lipinski definition) is 2. The fraction of sp³-hybridized carbons (Fsp3) is 0.0714. The summed E-state index contributed by atoms with van der Waals surface area (Å²) in [6, 6.07) is 11.2. The van der Waals surface area contributed by atoms with Crippen LogP contribution in [0.15, 0.2) is 42.6 Å². The van der Waals surface area contributed by atoms with Crippen molar-refractivity contribution in [1.29, 1.82) is 0 Å². The van der Waals surface area contributed by atoms with Crippen LogP contribution in [0, 0.1) is 0 Å². The maximum atomic E-state index is 12.1. The number of nitrogens with zero attached hydrogens (tertiary/aromatic N) is 2. The van der Waals surface area contributed by atoms with Crippen molar-refractivity contribution in [2.24, 2.45) is 0 Å². The van der Waals surface area contributed by atoms with Crippen molar-refractivity contribution < 1.29 is 4.79 Å². The molecule has 20 heavy (non-hydrogen) atoms. The van der Waals surface area contributed by atoms with E-state index in [0.29, 0.717) is 10.8 Å². The monoisotopic (exact) mass is 284 g/mol. The predicted molar refractivity (Wildman–Crippen MR) is 81.4 cm³/mol. The number of para-hydroxylation sites is 1. The SMILES string of the molecule is CNc1ccc(C(=O)Nc2nc3ccccc3s2)nc1. The summed E-state index contributed by atoms with van der Waals surface area (Å²) in [5.74, 6) is -0.258. The van der Waals surface area contributed by atoms with Gasteiger partial charge >= 0.3 is 0 Å². The van der Waals surface area contributed by atoms with Gasteiger partial charge in [-0.3, -0.25) is 10.1 Å². The van der Waals surface area contributed by atoms with Gasteiger partial charge in [-0.15, -0.1) is 0 Å². The molecule has 0 fully saturated rings. The normalized spacial score (nSPS) is 10.4. The molecule has 6 heteroatoms. The molecule has 0 saturated heterocycles. The molecular weight excluding hydrogens is 272 g/mol. The Morgan fingerprint density at radius 1 is 1.20 bits per heavy atom. The van der Waals surface area contributed by atoms with Crippen molar-refractivity contribution in [1.82, 2.24) is 9.97 Å². The number of anilines is 2. The number of carbonyl (C=O) groups is 1. The maximum Gasteiger partial charge on any atom is 0.276 e. The van der Waals surface area contributed by atoms with E-state index >= 15 is 0 Å². The number of nitrogens with one attached hydrogen (secondary N) is 2. The van der Waals surface area contributed by atoms with Crippen molar-refractivity contribution >= 4 is 38.3 Å². The molecule has 0 aliphatic carbocycles. The Balaban J connectivity index is 1.80. The van der Waals surface area contributed by atoms with Gasteiger partial charge in [-0.25, -0.2) is 9.97 Å². The molecule has 2 N–H and O–H groups in total. The van der Waals surface area contributed by atoms with E-state index < -0.39 is 0 Å². The van der Waals surface area contributed by atoms with Gasteiger partial charge in [0.15, 0.2) is 5.13 Å². The first-order valence-corrected chi connectivity index (χ1v) is 6.88. The summed E-state index contributed by atoms with van der Waals surface area (Å²) in [7, 11) is 1.80. The number of carbonyl (C=O) groups excluding carboxylic acids is 1. The van der Waals surface area contributed by atoms with Crippen LogP contribution in [0.2, 0.25) is 0 Å². The van der Waals surface area contributed by atoms with Crippen molar-refractivity contribution in [3.05, 3.63) is 48.3 Å². The van der Waals surface area contributed by atoms with Crippen molar-refractivity contribution in [2.75, 3.05) is 17.7 Å². The molecule has 5 nitrogen and oxygen atoms in total. The summed E-state index contributed by atoms with van der Waals surface area (Å²) in [6.45, 7) is 0. The van der Waals surface area contributed by atoms with Crippen LogP contribution in [0.25, 0.3) is 10.2 Å². The number of fused-ring (bicyclic) bond motifs is 1. The molecule has 2 aromatic heterocycles. The van der Waals surface area contributed by atoms with E-state index in [1.165, 1.54) is 11.3 Å². The Bertz CT molecular complexity index is 718. The third kappa shape index (κ3) is 2.46. The predicted octanol–water partition coefficient (Wildman–Crippen LogP) is 2.99. The van der Waals surface area contributed by atoms with Crippen LogP contribution < -0.4 is 10.6 Å². The Kier molecular flexibility index (Phi) is 3.30. The molecule has 0 aliphatic rings.